The Morgan fingerprint density at radius 3 is 2.34 bits per heavy atom. The van der Waals surface area contributed by atoms with Crippen LogP contribution < -0.4 is 16.4 Å². The molecule has 0 radical (unpaired) electrons. The second kappa shape index (κ2) is 9.47. The van der Waals surface area contributed by atoms with Crippen LogP contribution in [0.5, 0.6) is 0 Å². The summed E-state index contributed by atoms with van der Waals surface area (Å²) < 4.78 is 1.93. The van der Waals surface area contributed by atoms with E-state index in [0.717, 1.165) is 19.3 Å². The topological polar surface area (TPSA) is 93.1 Å². The number of aryl methyl sites for hydroxylation is 1. The SMILES string of the molecule is CCCCCn1nc(C(=O)NNC(=O)c2ccccc2Br)c2ccccc2c1=O. The Bertz CT molecular complexity index is 1110. The Hall–Kier alpha value is -3.00. The molecule has 0 aliphatic carbocycles. The molecule has 0 saturated heterocycles. The molecule has 3 rings (SSSR count). The minimum absolute atomic E-state index is 0.0872. The molecule has 0 fully saturated rings. The van der Waals surface area contributed by atoms with Crippen molar-refractivity contribution in [2.24, 2.45) is 0 Å². The first-order chi connectivity index (χ1) is 14.0. The predicted octanol–water partition coefficient (Wildman–Crippen LogP) is 3.42. The number of fused-ring (bicyclic) bond motifs is 1. The number of hydrazine groups is 1. The van der Waals surface area contributed by atoms with Crippen LogP contribution in [0.2, 0.25) is 0 Å². The van der Waals surface area contributed by atoms with Gasteiger partial charge >= 0.3 is 0 Å². The summed E-state index contributed by atoms with van der Waals surface area (Å²) >= 11 is 3.30. The second-order valence-electron chi connectivity index (χ2n) is 6.52. The van der Waals surface area contributed by atoms with Gasteiger partial charge in [0, 0.05) is 16.4 Å². The van der Waals surface area contributed by atoms with Crippen molar-refractivity contribution < 1.29 is 9.59 Å². The minimum atomic E-state index is -0.592. The van der Waals surface area contributed by atoms with Crippen molar-refractivity contribution in [3.8, 4) is 0 Å². The van der Waals surface area contributed by atoms with Crippen molar-refractivity contribution in [1.29, 1.82) is 0 Å². The molecular weight excluding hydrogens is 436 g/mol. The Balaban J connectivity index is 1.86. The third kappa shape index (κ3) is 4.71. The van der Waals surface area contributed by atoms with E-state index in [1.165, 1.54) is 4.68 Å². The molecule has 1 aromatic heterocycles. The highest BCUT2D eigenvalue weighted by Crippen LogP contribution is 2.16. The van der Waals surface area contributed by atoms with Gasteiger partial charge in [-0.3, -0.25) is 25.2 Å². The number of unbranched alkanes of at least 4 members (excludes halogenated alkanes) is 2. The lowest BCUT2D eigenvalue weighted by atomic mass is 10.1. The molecular formula is C21H21BrN4O3. The van der Waals surface area contributed by atoms with Gasteiger partial charge in [-0.15, -0.1) is 0 Å². The van der Waals surface area contributed by atoms with Crippen LogP contribution in [0.25, 0.3) is 10.8 Å². The number of nitrogens with zero attached hydrogens (tertiary/aromatic N) is 2. The highest BCUT2D eigenvalue weighted by atomic mass is 79.9. The monoisotopic (exact) mass is 456 g/mol. The lowest BCUT2D eigenvalue weighted by Gasteiger charge is -2.12. The Labute approximate surface area is 176 Å². The molecule has 150 valence electrons. The highest BCUT2D eigenvalue weighted by molar-refractivity contribution is 9.10. The van der Waals surface area contributed by atoms with Crippen molar-refractivity contribution >= 4 is 38.5 Å². The van der Waals surface area contributed by atoms with Crippen LogP contribution in [-0.4, -0.2) is 21.6 Å². The zero-order valence-electron chi connectivity index (χ0n) is 15.9. The summed E-state index contributed by atoms with van der Waals surface area (Å²) in [5.41, 5.74) is 5.03. The summed E-state index contributed by atoms with van der Waals surface area (Å²) in [5.74, 6) is -1.06. The molecule has 0 aliphatic heterocycles. The standard InChI is InChI=1S/C21H21BrN4O3/c1-2-3-8-13-26-21(29)15-10-5-4-9-14(15)18(25-26)20(28)24-23-19(27)16-11-6-7-12-17(16)22/h4-7,9-12H,2-3,8,13H2,1H3,(H,23,27)(H,24,28). The van der Waals surface area contributed by atoms with Crippen molar-refractivity contribution in [3.63, 3.8) is 0 Å². The van der Waals surface area contributed by atoms with Gasteiger partial charge in [0.25, 0.3) is 17.4 Å². The summed E-state index contributed by atoms with van der Waals surface area (Å²) in [4.78, 5) is 37.8. The van der Waals surface area contributed by atoms with Gasteiger partial charge in [-0.25, -0.2) is 4.68 Å². The quantitative estimate of drug-likeness (QED) is 0.438. The number of hydrogen-bond acceptors (Lipinski definition) is 4. The molecule has 0 spiro atoms. The maximum atomic E-state index is 12.8. The summed E-state index contributed by atoms with van der Waals surface area (Å²) in [6, 6.07) is 13.7. The van der Waals surface area contributed by atoms with Gasteiger partial charge in [0.05, 0.1) is 10.9 Å². The highest BCUT2D eigenvalue weighted by Gasteiger charge is 2.18. The first-order valence-corrected chi connectivity index (χ1v) is 10.2. The fourth-order valence-corrected chi connectivity index (χ4v) is 3.42. The molecule has 0 aliphatic rings. The van der Waals surface area contributed by atoms with E-state index in [1.807, 2.05) is 0 Å². The summed E-state index contributed by atoms with van der Waals surface area (Å²) in [7, 11) is 0. The maximum absolute atomic E-state index is 12.8. The molecule has 2 amide bonds. The number of halogens is 1. The molecule has 2 aromatic carbocycles. The van der Waals surface area contributed by atoms with Gasteiger partial charge in [-0.1, -0.05) is 50.1 Å². The van der Waals surface area contributed by atoms with Crippen molar-refractivity contribution in [2.45, 2.75) is 32.7 Å². The normalized spacial score (nSPS) is 10.7. The predicted molar refractivity (Wildman–Crippen MR) is 115 cm³/mol. The Morgan fingerprint density at radius 1 is 0.966 bits per heavy atom. The van der Waals surface area contributed by atoms with E-state index in [1.54, 1.807) is 48.5 Å². The number of rotatable bonds is 6. The van der Waals surface area contributed by atoms with E-state index in [0.29, 0.717) is 27.4 Å². The summed E-state index contributed by atoms with van der Waals surface area (Å²) in [6.45, 7) is 2.50. The average Bonchev–Trinajstić information content (AvgIpc) is 2.74. The molecule has 8 heteroatoms. The molecule has 2 N–H and O–H groups in total. The molecule has 7 nitrogen and oxygen atoms in total. The van der Waals surface area contributed by atoms with E-state index in [-0.39, 0.29) is 11.3 Å². The van der Waals surface area contributed by atoms with Gasteiger partial charge in [0.2, 0.25) is 0 Å². The van der Waals surface area contributed by atoms with Crippen molar-refractivity contribution in [1.82, 2.24) is 20.6 Å². The third-order valence-corrected chi connectivity index (χ3v) is 5.16. The van der Waals surface area contributed by atoms with Crippen LogP contribution >= 0.6 is 15.9 Å². The van der Waals surface area contributed by atoms with Crippen molar-refractivity contribution in [2.75, 3.05) is 0 Å². The number of hydrogen-bond donors (Lipinski definition) is 2. The van der Waals surface area contributed by atoms with Gasteiger partial charge in [-0.05, 0) is 40.5 Å². The number of carbonyl (C=O) groups is 2. The molecule has 0 unspecified atom stereocenters. The summed E-state index contributed by atoms with van der Waals surface area (Å²) in [6.07, 6.45) is 2.77. The Kier molecular flexibility index (Phi) is 6.77. The van der Waals surface area contributed by atoms with Crippen LogP contribution in [0, 0.1) is 0 Å². The first kappa shape index (κ1) is 20.7. The molecule has 1 heterocycles. The van der Waals surface area contributed by atoms with E-state index >= 15 is 0 Å². The number of nitrogens with one attached hydrogen (secondary N) is 2. The van der Waals surface area contributed by atoms with Crippen LogP contribution in [0.3, 0.4) is 0 Å². The largest absolute Gasteiger partial charge is 0.290 e. The average molecular weight is 457 g/mol. The van der Waals surface area contributed by atoms with Gasteiger partial charge in [-0.2, -0.15) is 5.10 Å². The molecule has 3 aromatic rings. The van der Waals surface area contributed by atoms with Crippen molar-refractivity contribution in [3.05, 3.63) is 74.6 Å². The van der Waals surface area contributed by atoms with E-state index in [2.05, 4.69) is 38.8 Å². The number of amides is 2. The number of carbonyl (C=O) groups excluding carboxylic acids is 2. The van der Waals surface area contributed by atoms with Crippen LogP contribution in [0.1, 0.15) is 47.0 Å². The molecule has 0 atom stereocenters. The van der Waals surface area contributed by atoms with Crippen LogP contribution in [-0.2, 0) is 6.54 Å². The minimum Gasteiger partial charge on any atom is -0.267 e. The molecule has 0 saturated carbocycles. The fraction of sp³-hybridized carbons (Fsp3) is 0.238. The van der Waals surface area contributed by atoms with E-state index < -0.39 is 11.8 Å². The zero-order valence-corrected chi connectivity index (χ0v) is 17.5. The zero-order chi connectivity index (χ0) is 20.8. The lowest BCUT2D eigenvalue weighted by molar-refractivity contribution is 0.0843. The second-order valence-corrected chi connectivity index (χ2v) is 7.37. The molecule has 0 bridgehead atoms. The number of aromatic nitrogens is 2. The van der Waals surface area contributed by atoms with Crippen LogP contribution in [0.4, 0.5) is 0 Å². The smallest absolute Gasteiger partial charge is 0.267 e. The number of benzene rings is 2. The van der Waals surface area contributed by atoms with Gasteiger partial charge in [0.15, 0.2) is 5.69 Å². The van der Waals surface area contributed by atoms with Gasteiger partial charge < -0.3 is 0 Å². The van der Waals surface area contributed by atoms with Crippen LogP contribution in [0.15, 0.2) is 57.8 Å². The third-order valence-electron chi connectivity index (χ3n) is 4.46. The first-order valence-electron chi connectivity index (χ1n) is 9.38. The van der Waals surface area contributed by atoms with Gasteiger partial charge in [0.1, 0.15) is 0 Å². The fourth-order valence-electron chi connectivity index (χ4n) is 2.95. The summed E-state index contributed by atoms with van der Waals surface area (Å²) in [5, 5.41) is 5.13. The lowest BCUT2D eigenvalue weighted by Crippen LogP contribution is -2.43. The maximum Gasteiger partial charge on any atom is 0.290 e. The van der Waals surface area contributed by atoms with E-state index in [9.17, 15) is 14.4 Å². The molecule has 29 heavy (non-hydrogen) atoms. The van der Waals surface area contributed by atoms with E-state index in [4.69, 9.17) is 0 Å². The Morgan fingerprint density at radius 2 is 1.62 bits per heavy atom.